The van der Waals surface area contributed by atoms with Gasteiger partial charge < -0.3 is 9.47 Å². The third-order valence-electron chi connectivity index (χ3n) is 4.07. The average molecular weight is 311 g/mol. The summed E-state index contributed by atoms with van der Waals surface area (Å²) in [5.74, 6) is 0. The van der Waals surface area contributed by atoms with Crippen LogP contribution in [0.2, 0.25) is 0 Å². The van der Waals surface area contributed by atoms with Crippen LogP contribution >= 0.6 is 0 Å². The fourth-order valence-electron chi connectivity index (χ4n) is 3.00. The molecule has 0 aromatic rings. The second-order valence-corrected chi connectivity index (χ2v) is 7.04. The second-order valence-electron chi connectivity index (χ2n) is 7.04. The molecule has 6 nitrogen and oxygen atoms in total. The van der Waals surface area contributed by atoms with Crippen molar-refractivity contribution in [2.45, 2.75) is 64.6 Å². The number of carbonyl (C=O) groups excluding carboxylic acids is 1. The van der Waals surface area contributed by atoms with Gasteiger partial charge in [0.2, 0.25) is 0 Å². The van der Waals surface area contributed by atoms with E-state index in [2.05, 4.69) is 11.9 Å². The third-order valence-corrected chi connectivity index (χ3v) is 4.07. The summed E-state index contributed by atoms with van der Waals surface area (Å²) in [5, 5.41) is 6.92. The van der Waals surface area contributed by atoms with Crippen LogP contribution in [0.25, 0.3) is 0 Å². The quantitative estimate of drug-likeness (QED) is 0.800. The van der Waals surface area contributed by atoms with Crippen molar-refractivity contribution in [2.75, 3.05) is 26.8 Å². The lowest BCUT2D eigenvalue weighted by molar-refractivity contribution is 0.0171. The van der Waals surface area contributed by atoms with Gasteiger partial charge in [-0.15, -0.1) is 0 Å². The maximum absolute atomic E-state index is 12.2. The summed E-state index contributed by atoms with van der Waals surface area (Å²) in [6.07, 6.45) is 2.89. The number of amides is 1. The van der Waals surface area contributed by atoms with Gasteiger partial charge in [-0.05, 0) is 40.0 Å². The van der Waals surface area contributed by atoms with Gasteiger partial charge in [0.25, 0.3) is 0 Å². The molecule has 0 saturated carbocycles. The van der Waals surface area contributed by atoms with Crippen LogP contribution in [0.5, 0.6) is 0 Å². The molecule has 6 heteroatoms. The molecule has 0 spiro atoms. The lowest BCUT2D eigenvalue weighted by atomic mass is 9.98. The van der Waals surface area contributed by atoms with E-state index in [1.807, 2.05) is 20.8 Å². The first kappa shape index (κ1) is 17.1. The number of carbonyl (C=O) groups is 1. The minimum absolute atomic E-state index is 0.0682. The Morgan fingerprint density at radius 2 is 2.14 bits per heavy atom. The molecular formula is C16H29N3O3. The first-order valence-electron chi connectivity index (χ1n) is 8.18. The molecule has 0 bridgehead atoms. The Hall–Kier alpha value is -1.30. The van der Waals surface area contributed by atoms with Gasteiger partial charge >= 0.3 is 6.09 Å². The van der Waals surface area contributed by atoms with Gasteiger partial charge in [-0.2, -0.15) is 5.10 Å². The van der Waals surface area contributed by atoms with Crippen LogP contribution < -0.4 is 0 Å². The van der Waals surface area contributed by atoms with Crippen molar-refractivity contribution in [3.05, 3.63) is 0 Å². The highest BCUT2D eigenvalue weighted by Crippen LogP contribution is 2.25. The Labute approximate surface area is 133 Å². The molecule has 2 atom stereocenters. The molecule has 22 heavy (non-hydrogen) atoms. The minimum atomic E-state index is -0.458. The summed E-state index contributed by atoms with van der Waals surface area (Å²) in [6, 6.07) is 0.434. The molecule has 126 valence electrons. The molecule has 0 radical (unpaired) electrons. The minimum Gasteiger partial charge on any atom is -0.444 e. The van der Waals surface area contributed by atoms with E-state index in [0.29, 0.717) is 19.2 Å². The normalized spacial score (nSPS) is 27.2. The molecule has 0 aromatic heterocycles. The van der Waals surface area contributed by atoms with Crippen LogP contribution in [0.1, 0.15) is 47.0 Å². The Morgan fingerprint density at radius 3 is 2.73 bits per heavy atom. The molecule has 1 amide bonds. The highest BCUT2D eigenvalue weighted by Gasteiger charge is 2.40. The van der Waals surface area contributed by atoms with Crippen LogP contribution in [0.3, 0.4) is 0 Å². The highest BCUT2D eigenvalue weighted by molar-refractivity contribution is 6.01. The molecule has 2 heterocycles. The number of rotatable bonds is 4. The predicted molar refractivity (Wildman–Crippen MR) is 86.1 cm³/mol. The number of methoxy groups -OCH3 is 1. The standard InChI is InChI=1S/C16H29N3O3/c1-6-14-13(10-18(14)15(20)22-16(2,3)4)17-19-9-7-8-12(19)11-21-5/h12,14H,6-11H2,1-5H3/b17-13-/t12-,14-/m1/s1. The largest absolute Gasteiger partial charge is 0.444 e. The number of nitrogens with zero attached hydrogens (tertiary/aromatic N) is 3. The molecule has 0 unspecified atom stereocenters. The number of hydrogen-bond acceptors (Lipinski definition) is 5. The Balaban J connectivity index is 1.97. The van der Waals surface area contributed by atoms with Crippen LogP contribution in [0, 0.1) is 0 Å². The maximum atomic E-state index is 12.2. The zero-order chi connectivity index (χ0) is 16.3. The van der Waals surface area contributed by atoms with Crippen molar-refractivity contribution in [3.63, 3.8) is 0 Å². The Bertz CT molecular complexity index is 431. The van der Waals surface area contributed by atoms with Gasteiger partial charge in [0.05, 0.1) is 30.9 Å². The first-order chi connectivity index (χ1) is 10.4. The van der Waals surface area contributed by atoms with Crippen molar-refractivity contribution in [3.8, 4) is 0 Å². The molecule has 2 aliphatic heterocycles. The molecule has 0 aromatic carbocycles. The van der Waals surface area contributed by atoms with Crippen molar-refractivity contribution in [1.29, 1.82) is 0 Å². The van der Waals surface area contributed by atoms with Crippen molar-refractivity contribution in [1.82, 2.24) is 9.91 Å². The van der Waals surface area contributed by atoms with E-state index < -0.39 is 5.60 Å². The summed E-state index contributed by atoms with van der Waals surface area (Å²) in [6.45, 7) is 10.0. The molecule has 2 aliphatic rings. The number of hydrazone groups is 1. The third kappa shape index (κ3) is 3.91. The number of ether oxygens (including phenoxy) is 2. The summed E-state index contributed by atoms with van der Waals surface area (Å²) < 4.78 is 10.7. The fourth-order valence-corrected chi connectivity index (χ4v) is 3.00. The lowest BCUT2D eigenvalue weighted by Gasteiger charge is -2.42. The average Bonchev–Trinajstić information content (AvgIpc) is 2.80. The highest BCUT2D eigenvalue weighted by atomic mass is 16.6. The van der Waals surface area contributed by atoms with Crippen molar-refractivity contribution < 1.29 is 14.3 Å². The number of hydrogen-bond donors (Lipinski definition) is 0. The molecule has 0 aliphatic carbocycles. The SMILES string of the molecule is CC[C@@H]1/C(=N\N2CCC[C@@H]2COC)CN1C(=O)OC(C)(C)C. The van der Waals surface area contributed by atoms with Crippen LogP contribution in [0.15, 0.2) is 5.10 Å². The predicted octanol–water partition coefficient (Wildman–Crippen LogP) is 2.48. The zero-order valence-corrected chi connectivity index (χ0v) is 14.5. The lowest BCUT2D eigenvalue weighted by Crippen LogP contribution is -2.60. The van der Waals surface area contributed by atoms with Gasteiger partial charge in [-0.3, -0.25) is 9.91 Å². The van der Waals surface area contributed by atoms with Crippen molar-refractivity contribution >= 4 is 11.8 Å². The maximum Gasteiger partial charge on any atom is 0.411 e. The molecule has 2 rings (SSSR count). The monoisotopic (exact) mass is 311 g/mol. The van der Waals surface area contributed by atoms with E-state index in [-0.39, 0.29) is 12.1 Å². The summed E-state index contributed by atoms with van der Waals surface area (Å²) >= 11 is 0. The van der Waals surface area contributed by atoms with E-state index in [9.17, 15) is 4.79 Å². The van der Waals surface area contributed by atoms with Gasteiger partial charge in [0.1, 0.15) is 5.60 Å². The van der Waals surface area contributed by atoms with Crippen LogP contribution in [0.4, 0.5) is 4.79 Å². The van der Waals surface area contributed by atoms with Gasteiger partial charge in [-0.1, -0.05) is 6.92 Å². The van der Waals surface area contributed by atoms with Crippen LogP contribution in [-0.4, -0.2) is 66.2 Å². The first-order valence-corrected chi connectivity index (χ1v) is 8.18. The van der Waals surface area contributed by atoms with E-state index in [0.717, 1.165) is 31.5 Å². The van der Waals surface area contributed by atoms with Gasteiger partial charge in [0, 0.05) is 13.7 Å². The summed E-state index contributed by atoms with van der Waals surface area (Å²) in [5.41, 5.74) is 0.622. The van der Waals surface area contributed by atoms with Gasteiger partial charge in [0.15, 0.2) is 0 Å². The van der Waals surface area contributed by atoms with E-state index in [1.165, 1.54) is 0 Å². The molecule has 2 saturated heterocycles. The van der Waals surface area contributed by atoms with E-state index in [4.69, 9.17) is 14.6 Å². The van der Waals surface area contributed by atoms with E-state index >= 15 is 0 Å². The topological polar surface area (TPSA) is 54.4 Å². The smallest absolute Gasteiger partial charge is 0.411 e. The van der Waals surface area contributed by atoms with Gasteiger partial charge in [-0.25, -0.2) is 4.79 Å². The Morgan fingerprint density at radius 1 is 1.41 bits per heavy atom. The Kier molecular flexibility index (Phi) is 5.32. The fraction of sp³-hybridized carbons (Fsp3) is 0.875. The molecule has 2 fully saturated rings. The van der Waals surface area contributed by atoms with Crippen LogP contribution in [-0.2, 0) is 9.47 Å². The summed E-state index contributed by atoms with van der Waals surface area (Å²) in [4.78, 5) is 13.9. The van der Waals surface area contributed by atoms with E-state index in [1.54, 1.807) is 12.0 Å². The summed E-state index contributed by atoms with van der Waals surface area (Å²) in [7, 11) is 1.73. The zero-order valence-electron chi connectivity index (χ0n) is 14.5. The van der Waals surface area contributed by atoms with Crippen molar-refractivity contribution in [2.24, 2.45) is 5.10 Å². The second kappa shape index (κ2) is 6.86. The number of likely N-dealkylation sites (tertiary alicyclic amines) is 1. The molecular weight excluding hydrogens is 282 g/mol. The molecule has 0 N–H and O–H groups in total.